The monoisotopic (exact) mass is 405 g/mol. The zero-order valence-electron chi connectivity index (χ0n) is 17.4. The Morgan fingerprint density at radius 1 is 1.07 bits per heavy atom. The van der Waals surface area contributed by atoms with Crippen molar-refractivity contribution in [3.05, 3.63) is 29.8 Å². The van der Waals surface area contributed by atoms with Gasteiger partial charge in [-0.2, -0.15) is 0 Å². The number of hydrogen-bond donors (Lipinski definition) is 4. The van der Waals surface area contributed by atoms with Crippen molar-refractivity contribution in [1.82, 2.24) is 10.6 Å². The number of benzene rings is 1. The minimum atomic E-state index is -0.788. The Labute approximate surface area is 171 Å². The third-order valence-electron chi connectivity index (χ3n) is 4.62. The van der Waals surface area contributed by atoms with Crippen molar-refractivity contribution in [1.29, 1.82) is 0 Å². The maximum Gasteiger partial charge on any atom is 0.306 e. The van der Waals surface area contributed by atoms with Gasteiger partial charge in [0.15, 0.2) is 0 Å². The largest absolute Gasteiger partial charge is 0.481 e. The van der Waals surface area contributed by atoms with Crippen LogP contribution in [0.2, 0.25) is 0 Å². The Morgan fingerprint density at radius 2 is 1.69 bits per heavy atom. The number of hydrogen-bond acceptors (Lipinski definition) is 4. The summed E-state index contributed by atoms with van der Waals surface area (Å²) in [6.07, 6.45) is 1.82. The molecule has 0 fully saturated rings. The van der Waals surface area contributed by atoms with Gasteiger partial charge in [-0.15, -0.1) is 0 Å². The molecule has 1 unspecified atom stereocenters. The topological polar surface area (TPSA) is 125 Å². The number of carboxylic acid groups (broad SMARTS) is 1. The molecule has 0 radical (unpaired) electrons. The van der Waals surface area contributed by atoms with Crippen molar-refractivity contribution in [2.75, 3.05) is 11.9 Å². The second-order valence-electron chi connectivity index (χ2n) is 7.75. The van der Waals surface area contributed by atoms with Crippen LogP contribution in [0.15, 0.2) is 24.3 Å². The van der Waals surface area contributed by atoms with Crippen molar-refractivity contribution in [3.63, 3.8) is 0 Å². The molecule has 3 amide bonds. The molecule has 0 heterocycles. The second kappa shape index (κ2) is 11.8. The maximum absolute atomic E-state index is 12.0. The highest BCUT2D eigenvalue weighted by Gasteiger charge is 2.21. The minimum absolute atomic E-state index is 0.100. The molecule has 0 bridgehead atoms. The summed E-state index contributed by atoms with van der Waals surface area (Å²) in [4.78, 5) is 45.6. The molecule has 0 saturated carbocycles. The van der Waals surface area contributed by atoms with E-state index in [4.69, 9.17) is 5.11 Å². The number of aliphatic carboxylic acids is 1. The quantitative estimate of drug-likeness (QED) is 0.395. The third kappa shape index (κ3) is 8.76. The smallest absolute Gasteiger partial charge is 0.306 e. The summed E-state index contributed by atoms with van der Waals surface area (Å²) in [6, 6.07) is 6.63. The van der Waals surface area contributed by atoms with E-state index in [2.05, 4.69) is 16.0 Å². The van der Waals surface area contributed by atoms with Gasteiger partial charge in [-0.1, -0.05) is 39.8 Å². The Morgan fingerprint density at radius 3 is 2.21 bits per heavy atom. The number of carbonyl (C=O) groups is 4. The van der Waals surface area contributed by atoms with E-state index in [1.807, 2.05) is 19.1 Å². The molecular weight excluding hydrogens is 374 g/mol. The molecule has 0 aliphatic heterocycles. The van der Waals surface area contributed by atoms with Gasteiger partial charge in [0, 0.05) is 5.69 Å². The number of carboxylic acids is 1. The molecule has 8 nitrogen and oxygen atoms in total. The molecule has 29 heavy (non-hydrogen) atoms. The first-order chi connectivity index (χ1) is 13.6. The van der Waals surface area contributed by atoms with Gasteiger partial charge in [0.1, 0.15) is 6.04 Å². The molecular formula is C21H31N3O5. The van der Waals surface area contributed by atoms with E-state index in [1.54, 1.807) is 32.9 Å². The van der Waals surface area contributed by atoms with Crippen LogP contribution in [0.4, 0.5) is 5.69 Å². The van der Waals surface area contributed by atoms with Crippen LogP contribution in [0, 0.1) is 17.8 Å². The Kier molecular flexibility index (Phi) is 9.85. The molecule has 160 valence electrons. The fraction of sp³-hybridized carbons (Fsp3) is 0.524. The molecule has 8 heteroatoms. The van der Waals surface area contributed by atoms with Crippen molar-refractivity contribution in [3.8, 4) is 0 Å². The SMILES string of the molecule is CC(C[C@@H](C)Cc1ccc(NC(=O)CNC(=O)[C@@H](NC=O)C(C)C)cc1)C(=O)O. The van der Waals surface area contributed by atoms with E-state index in [0.29, 0.717) is 18.5 Å². The van der Waals surface area contributed by atoms with Gasteiger partial charge in [-0.05, 0) is 42.4 Å². The first kappa shape index (κ1) is 24.1. The second-order valence-corrected chi connectivity index (χ2v) is 7.75. The van der Waals surface area contributed by atoms with Crippen molar-refractivity contribution < 1.29 is 24.3 Å². The first-order valence-corrected chi connectivity index (χ1v) is 9.73. The molecule has 3 atom stereocenters. The van der Waals surface area contributed by atoms with E-state index in [1.165, 1.54) is 0 Å². The number of amides is 3. The minimum Gasteiger partial charge on any atom is -0.481 e. The molecule has 1 aromatic rings. The van der Waals surface area contributed by atoms with Crippen LogP contribution in [0.3, 0.4) is 0 Å². The molecule has 0 aliphatic rings. The average Bonchev–Trinajstić information content (AvgIpc) is 2.65. The molecule has 0 spiro atoms. The van der Waals surface area contributed by atoms with Gasteiger partial charge in [-0.25, -0.2) is 0 Å². The zero-order valence-corrected chi connectivity index (χ0v) is 17.4. The summed E-state index contributed by atoms with van der Waals surface area (Å²) in [5, 5.41) is 16.6. The van der Waals surface area contributed by atoms with Gasteiger partial charge in [0.05, 0.1) is 12.5 Å². The first-order valence-electron chi connectivity index (χ1n) is 9.73. The van der Waals surface area contributed by atoms with E-state index < -0.39 is 17.9 Å². The lowest BCUT2D eigenvalue weighted by Gasteiger charge is -2.19. The predicted octanol–water partition coefficient (Wildman–Crippen LogP) is 1.80. The van der Waals surface area contributed by atoms with E-state index in [0.717, 1.165) is 12.0 Å². The lowest BCUT2D eigenvalue weighted by atomic mass is 9.92. The molecule has 0 saturated heterocycles. The summed E-state index contributed by atoms with van der Waals surface area (Å²) in [5.74, 6) is -1.83. The number of anilines is 1. The van der Waals surface area contributed by atoms with Crippen LogP contribution in [0.25, 0.3) is 0 Å². The highest BCUT2D eigenvalue weighted by atomic mass is 16.4. The van der Waals surface area contributed by atoms with E-state index in [9.17, 15) is 19.2 Å². The van der Waals surface area contributed by atoms with Crippen LogP contribution >= 0.6 is 0 Å². The normalized spacial score (nSPS) is 13.8. The van der Waals surface area contributed by atoms with Gasteiger partial charge >= 0.3 is 5.97 Å². The summed E-state index contributed by atoms with van der Waals surface area (Å²) >= 11 is 0. The lowest BCUT2D eigenvalue weighted by molar-refractivity contribution is -0.141. The van der Waals surface area contributed by atoms with Gasteiger partial charge in [0.25, 0.3) is 0 Å². The van der Waals surface area contributed by atoms with Crippen molar-refractivity contribution in [2.24, 2.45) is 17.8 Å². The van der Waals surface area contributed by atoms with Crippen LogP contribution in [0.1, 0.15) is 39.7 Å². The summed E-state index contributed by atoms with van der Waals surface area (Å²) < 4.78 is 0. The predicted molar refractivity (Wildman–Crippen MR) is 110 cm³/mol. The van der Waals surface area contributed by atoms with Crippen molar-refractivity contribution >= 4 is 29.9 Å². The van der Waals surface area contributed by atoms with Crippen LogP contribution < -0.4 is 16.0 Å². The summed E-state index contributed by atoms with van der Waals surface area (Å²) in [6.45, 7) is 7.11. The average molecular weight is 405 g/mol. The Bertz CT molecular complexity index is 703. The third-order valence-corrected chi connectivity index (χ3v) is 4.62. The molecule has 0 aromatic heterocycles. The molecule has 0 aliphatic carbocycles. The summed E-state index contributed by atoms with van der Waals surface area (Å²) in [7, 11) is 0. The van der Waals surface area contributed by atoms with Gasteiger partial charge < -0.3 is 21.1 Å². The fourth-order valence-electron chi connectivity index (χ4n) is 3.04. The van der Waals surface area contributed by atoms with Crippen LogP contribution in [0.5, 0.6) is 0 Å². The number of rotatable bonds is 12. The standard InChI is InChI=1S/C21H31N3O5/c1-13(2)19(23-12-25)20(27)22-11-18(26)24-17-7-5-16(6-8-17)10-14(3)9-15(4)21(28)29/h5-8,12-15,19H,9-11H2,1-4H3,(H,22,27)(H,23,25)(H,24,26)(H,28,29)/t14-,15?,19+/m1/s1. The van der Waals surface area contributed by atoms with Crippen LogP contribution in [-0.4, -0.2) is 41.9 Å². The number of nitrogens with one attached hydrogen (secondary N) is 3. The Balaban J connectivity index is 2.50. The maximum atomic E-state index is 12.0. The lowest BCUT2D eigenvalue weighted by Crippen LogP contribution is -2.48. The summed E-state index contributed by atoms with van der Waals surface area (Å²) in [5.41, 5.74) is 1.66. The van der Waals surface area contributed by atoms with Crippen LogP contribution in [-0.2, 0) is 25.6 Å². The fourth-order valence-corrected chi connectivity index (χ4v) is 3.04. The number of carbonyl (C=O) groups excluding carboxylic acids is 3. The highest BCUT2D eigenvalue weighted by molar-refractivity contribution is 5.95. The van der Waals surface area contributed by atoms with E-state index in [-0.39, 0.29) is 30.2 Å². The Hall–Kier alpha value is -2.90. The van der Waals surface area contributed by atoms with Crippen molar-refractivity contribution in [2.45, 2.75) is 46.6 Å². The zero-order chi connectivity index (χ0) is 22.0. The van der Waals surface area contributed by atoms with E-state index >= 15 is 0 Å². The molecule has 1 rings (SSSR count). The van der Waals surface area contributed by atoms with Gasteiger partial charge in [0.2, 0.25) is 18.2 Å². The molecule has 1 aromatic carbocycles. The molecule has 4 N–H and O–H groups in total. The highest BCUT2D eigenvalue weighted by Crippen LogP contribution is 2.18. The van der Waals surface area contributed by atoms with Gasteiger partial charge in [-0.3, -0.25) is 19.2 Å².